The summed E-state index contributed by atoms with van der Waals surface area (Å²) in [6.07, 6.45) is 9.73. The van der Waals surface area contributed by atoms with Gasteiger partial charge in [0, 0.05) is 5.57 Å². The van der Waals surface area contributed by atoms with Gasteiger partial charge in [0.25, 0.3) is 0 Å². The minimum atomic E-state index is -0.468. The lowest BCUT2D eigenvalue weighted by Crippen LogP contribution is -2.12. The Labute approximate surface area is 89.1 Å². The van der Waals surface area contributed by atoms with Crippen molar-refractivity contribution in [3.8, 4) is 0 Å². The molecule has 0 N–H and O–H groups in total. The highest BCUT2D eigenvalue weighted by molar-refractivity contribution is 6.07. The molecule has 0 saturated heterocycles. The lowest BCUT2D eigenvalue weighted by molar-refractivity contribution is -0.144. The molecule has 0 atom stereocenters. The largest absolute Gasteiger partial charge is 0.466 e. The molecule has 80 valence electrons. The summed E-state index contributed by atoms with van der Waals surface area (Å²) >= 11 is 0. The fraction of sp³-hybridized carbons (Fsp3) is 0.333. The molecule has 0 aliphatic heterocycles. The van der Waals surface area contributed by atoms with E-state index in [0.29, 0.717) is 12.2 Å². The van der Waals surface area contributed by atoms with Crippen LogP contribution in [0, 0.1) is 0 Å². The lowest BCUT2D eigenvalue weighted by Gasteiger charge is -2.01. The van der Waals surface area contributed by atoms with Gasteiger partial charge < -0.3 is 4.74 Å². The van der Waals surface area contributed by atoms with E-state index in [0.717, 1.165) is 6.42 Å². The van der Waals surface area contributed by atoms with Crippen molar-refractivity contribution in [1.29, 1.82) is 0 Å². The molecule has 3 nitrogen and oxygen atoms in total. The average molecular weight is 206 g/mol. The predicted octanol–water partition coefficient (Wildman–Crippen LogP) is 1.95. The third-order valence-electron chi connectivity index (χ3n) is 1.91. The molecule has 0 unspecified atom stereocenters. The summed E-state index contributed by atoms with van der Waals surface area (Å²) in [4.78, 5) is 22.7. The first-order chi connectivity index (χ1) is 7.24. The van der Waals surface area contributed by atoms with E-state index in [1.165, 1.54) is 0 Å². The number of ether oxygens (including phenoxy) is 1. The molecule has 15 heavy (non-hydrogen) atoms. The van der Waals surface area contributed by atoms with Gasteiger partial charge in [0.2, 0.25) is 0 Å². The lowest BCUT2D eigenvalue weighted by atomic mass is 10.1. The number of allylic oxidation sites excluding steroid dienone is 6. The molecule has 1 aliphatic carbocycles. The van der Waals surface area contributed by atoms with E-state index in [2.05, 4.69) is 0 Å². The van der Waals surface area contributed by atoms with Crippen LogP contribution in [0.4, 0.5) is 0 Å². The van der Waals surface area contributed by atoms with Gasteiger partial charge in [0.1, 0.15) is 6.42 Å². The Balaban J connectivity index is 2.56. The van der Waals surface area contributed by atoms with E-state index in [-0.39, 0.29) is 12.2 Å². The fourth-order valence-corrected chi connectivity index (χ4v) is 1.21. The smallest absolute Gasteiger partial charge is 0.313 e. The highest BCUT2D eigenvalue weighted by Crippen LogP contribution is 2.08. The average Bonchev–Trinajstić information content (AvgIpc) is 2.45. The number of Topliss-reactive ketones (excluding diaryl/α,β-unsaturated/α-hetero) is 1. The van der Waals surface area contributed by atoms with Crippen LogP contribution in [0.1, 0.15) is 19.8 Å². The number of carbonyl (C=O) groups excluding carboxylic acids is 2. The monoisotopic (exact) mass is 206 g/mol. The van der Waals surface area contributed by atoms with E-state index in [9.17, 15) is 9.59 Å². The van der Waals surface area contributed by atoms with Gasteiger partial charge in [-0.15, -0.1) is 0 Å². The topological polar surface area (TPSA) is 43.4 Å². The maximum atomic E-state index is 11.6. The number of hydrogen-bond donors (Lipinski definition) is 0. The first-order valence-corrected chi connectivity index (χ1v) is 4.96. The number of hydrogen-bond acceptors (Lipinski definition) is 3. The van der Waals surface area contributed by atoms with Crippen LogP contribution in [0.2, 0.25) is 0 Å². The molecule has 0 aromatic rings. The number of carbonyl (C=O) groups is 2. The van der Waals surface area contributed by atoms with Gasteiger partial charge in [-0.2, -0.15) is 0 Å². The quantitative estimate of drug-likeness (QED) is 0.521. The van der Waals surface area contributed by atoms with E-state index in [1.807, 2.05) is 18.2 Å². The zero-order chi connectivity index (χ0) is 11.1. The van der Waals surface area contributed by atoms with Gasteiger partial charge in [0.05, 0.1) is 6.61 Å². The molecule has 1 rings (SSSR count). The molecule has 0 heterocycles. The standard InChI is InChI=1S/C12H14O3/c1-2-15-12(14)9-11(13)10-7-5-3-4-6-8-10/h3,5-8H,2,4,9H2,1H3. The van der Waals surface area contributed by atoms with Crippen molar-refractivity contribution >= 4 is 11.8 Å². The summed E-state index contributed by atoms with van der Waals surface area (Å²) in [7, 11) is 0. The van der Waals surface area contributed by atoms with Crippen molar-refractivity contribution in [2.45, 2.75) is 19.8 Å². The maximum Gasteiger partial charge on any atom is 0.313 e. The van der Waals surface area contributed by atoms with E-state index in [4.69, 9.17) is 4.74 Å². The molecule has 0 amide bonds. The van der Waals surface area contributed by atoms with Crippen molar-refractivity contribution in [1.82, 2.24) is 0 Å². The summed E-state index contributed by atoms with van der Waals surface area (Å²) in [5, 5.41) is 0. The van der Waals surface area contributed by atoms with E-state index in [1.54, 1.807) is 19.1 Å². The summed E-state index contributed by atoms with van der Waals surface area (Å²) in [5.41, 5.74) is 0.553. The Bertz CT molecular complexity index is 335. The highest BCUT2D eigenvalue weighted by Gasteiger charge is 2.12. The second-order valence-electron chi connectivity index (χ2n) is 3.09. The zero-order valence-corrected chi connectivity index (χ0v) is 8.73. The minimum absolute atomic E-state index is 0.183. The Morgan fingerprint density at radius 2 is 2.20 bits per heavy atom. The van der Waals surface area contributed by atoms with E-state index < -0.39 is 5.97 Å². The van der Waals surface area contributed by atoms with E-state index >= 15 is 0 Å². The van der Waals surface area contributed by atoms with Crippen molar-refractivity contribution in [3.63, 3.8) is 0 Å². The molecule has 0 aromatic carbocycles. The summed E-state index contributed by atoms with van der Waals surface area (Å²) < 4.78 is 4.71. The first kappa shape index (κ1) is 11.4. The van der Waals surface area contributed by atoms with Crippen molar-refractivity contribution in [2.75, 3.05) is 6.61 Å². The number of ketones is 1. The van der Waals surface area contributed by atoms with Crippen LogP contribution >= 0.6 is 0 Å². The normalized spacial score (nSPS) is 14.3. The van der Waals surface area contributed by atoms with Crippen molar-refractivity contribution in [2.24, 2.45) is 0 Å². The van der Waals surface area contributed by atoms with Crippen molar-refractivity contribution < 1.29 is 14.3 Å². The maximum absolute atomic E-state index is 11.6. The molecule has 3 heteroatoms. The minimum Gasteiger partial charge on any atom is -0.466 e. The van der Waals surface area contributed by atoms with Gasteiger partial charge >= 0.3 is 5.97 Å². The third kappa shape index (κ3) is 3.94. The summed E-state index contributed by atoms with van der Waals surface area (Å²) in [6, 6.07) is 0. The number of esters is 1. The molecule has 0 spiro atoms. The van der Waals surface area contributed by atoms with Crippen LogP contribution in [0.3, 0.4) is 0 Å². The fourth-order valence-electron chi connectivity index (χ4n) is 1.21. The summed E-state index contributed by atoms with van der Waals surface area (Å²) in [5.74, 6) is -0.665. The molecular weight excluding hydrogens is 192 g/mol. The molecule has 0 aromatic heterocycles. The van der Waals surface area contributed by atoms with Crippen LogP contribution in [0.15, 0.2) is 36.0 Å². The predicted molar refractivity (Wildman–Crippen MR) is 57.2 cm³/mol. The highest BCUT2D eigenvalue weighted by atomic mass is 16.5. The summed E-state index contributed by atoms with van der Waals surface area (Å²) in [6.45, 7) is 2.02. The third-order valence-corrected chi connectivity index (χ3v) is 1.91. The van der Waals surface area contributed by atoms with Crippen LogP contribution in [0.5, 0.6) is 0 Å². The Kier molecular flexibility index (Phi) is 4.54. The van der Waals surface area contributed by atoms with Crippen LogP contribution in [-0.4, -0.2) is 18.4 Å². The molecule has 1 aliphatic rings. The van der Waals surface area contributed by atoms with Crippen LogP contribution < -0.4 is 0 Å². The molecular formula is C12H14O3. The Morgan fingerprint density at radius 3 is 2.93 bits per heavy atom. The molecule has 0 bridgehead atoms. The van der Waals surface area contributed by atoms with Gasteiger partial charge in [-0.05, 0) is 13.3 Å². The first-order valence-electron chi connectivity index (χ1n) is 4.96. The SMILES string of the molecule is CCOC(=O)CC(=O)C1=CC=CCC=C1. The Morgan fingerprint density at radius 1 is 1.40 bits per heavy atom. The second kappa shape index (κ2) is 5.96. The van der Waals surface area contributed by atoms with Crippen LogP contribution in [-0.2, 0) is 14.3 Å². The van der Waals surface area contributed by atoms with Gasteiger partial charge in [0.15, 0.2) is 5.78 Å². The van der Waals surface area contributed by atoms with Crippen molar-refractivity contribution in [3.05, 3.63) is 36.0 Å². The Hall–Kier alpha value is -1.64. The second-order valence-corrected chi connectivity index (χ2v) is 3.09. The molecule has 0 radical (unpaired) electrons. The van der Waals surface area contributed by atoms with Gasteiger partial charge in [-0.25, -0.2) is 0 Å². The number of rotatable bonds is 4. The van der Waals surface area contributed by atoms with Gasteiger partial charge in [-0.1, -0.05) is 30.4 Å². The molecule has 0 fully saturated rings. The van der Waals surface area contributed by atoms with Gasteiger partial charge in [-0.3, -0.25) is 9.59 Å². The van der Waals surface area contributed by atoms with Crippen LogP contribution in [0.25, 0.3) is 0 Å². The zero-order valence-electron chi connectivity index (χ0n) is 8.73. The molecule has 0 saturated carbocycles.